The first-order valence-corrected chi connectivity index (χ1v) is 10.7. The van der Waals surface area contributed by atoms with Crippen LogP contribution in [0.5, 0.6) is 5.75 Å². The summed E-state index contributed by atoms with van der Waals surface area (Å²) in [4.78, 5) is 22.2. The second kappa shape index (κ2) is 11.5. The van der Waals surface area contributed by atoms with Gasteiger partial charge >= 0.3 is 0 Å². The number of rotatable bonds is 8. The van der Waals surface area contributed by atoms with Gasteiger partial charge in [0.1, 0.15) is 54.5 Å². The summed E-state index contributed by atoms with van der Waals surface area (Å²) in [6, 6.07) is 3.63. The molecule has 35 heavy (non-hydrogen) atoms. The molecule has 1 aromatic carbocycles. The van der Waals surface area contributed by atoms with Crippen molar-refractivity contribution in [2.45, 2.75) is 68.3 Å². The number of nitro groups is 1. The van der Waals surface area contributed by atoms with E-state index in [9.17, 15) is 45.5 Å². The molecule has 7 N–H and O–H groups in total. The average molecular weight is 504 g/mol. The van der Waals surface area contributed by atoms with Gasteiger partial charge in [-0.3, -0.25) is 14.9 Å². The normalized spacial score (nSPS) is 37.5. The number of benzene rings is 1. The molecular formula is C20H28N2O13. The number of nitrogens with one attached hydrogen (secondary N) is 1. The van der Waals surface area contributed by atoms with E-state index in [0.717, 1.165) is 0 Å². The number of nitro benzene ring substituents is 1. The summed E-state index contributed by atoms with van der Waals surface area (Å²) in [5.41, 5.74) is -0.201. The number of non-ortho nitro benzene ring substituents is 1. The fraction of sp³-hybridized carbons (Fsp3) is 0.650. The van der Waals surface area contributed by atoms with Crippen molar-refractivity contribution in [3.05, 3.63) is 34.4 Å². The number of ether oxygens (including phenoxy) is 4. The molecule has 196 valence electrons. The Kier molecular flexibility index (Phi) is 8.92. The van der Waals surface area contributed by atoms with Crippen molar-refractivity contribution < 1.29 is 59.3 Å². The Morgan fingerprint density at radius 3 is 2.09 bits per heavy atom. The highest BCUT2D eigenvalue weighted by atomic mass is 16.7. The van der Waals surface area contributed by atoms with Gasteiger partial charge in [-0.05, 0) is 12.1 Å². The standard InChI is InChI=1S/C20H28N2O13/c1-8(25)21-13-18(35-20-17(29)16(28)14(26)11(6-23)34-20)15(27)12(7-24)33-19(13)32-10-4-2-9(3-5-10)22(30)31/h2-5,11-20,23-24,26-29H,6-7H2,1H3,(H,21,25)/t11-,12-,13-,14+,15-,16+,17-,18-,19-,20+/m1/s1. The lowest BCUT2D eigenvalue weighted by Gasteiger charge is -2.47. The van der Waals surface area contributed by atoms with Crippen molar-refractivity contribution in [2.75, 3.05) is 13.2 Å². The van der Waals surface area contributed by atoms with Gasteiger partial charge in [0.25, 0.3) is 5.69 Å². The van der Waals surface area contributed by atoms with Gasteiger partial charge in [0, 0.05) is 19.1 Å². The van der Waals surface area contributed by atoms with Crippen LogP contribution in [-0.2, 0) is 19.0 Å². The lowest BCUT2D eigenvalue weighted by Crippen LogP contribution is -2.68. The lowest BCUT2D eigenvalue weighted by molar-refractivity contribution is -0.384. The molecule has 0 aromatic heterocycles. The molecule has 1 amide bonds. The van der Waals surface area contributed by atoms with Gasteiger partial charge in [0.05, 0.1) is 18.1 Å². The van der Waals surface area contributed by atoms with Crippen LogP contribution < -0.4 is 10.1 Å². The second-order valence-corrected chi connectivity index (χ2v) is 8.11. The van der Waals surface area contributed by atoms with Crippen molar-refractivity contribution in [3.63, 3.8) is 0 Å². The molecule has 2 fully saturated rings. The zero-order valence-corrected chi connectivity index (χ0v) is 18.5. The number of aliphatic hydroxyl groups excluding tert-OH is 6. The van der Waals surface area contributed by atoms with Crippen LogP contribution >= 0.6 is 0 Å². The fourth-order valence-corrected chi connectivity index (χ4v) is 3.83. The molecule has 0 saturated carbocycles. The maximum atomic E-state index is 11.9. The molecule has 0 bridgehead atoms. The highest BCUT2D eigenvalue weighted by Gasteiger charge is 2.52. The number of carbonyl (C=O) groups excluding carboxylic acids is 1. The average Bonchev–Trinajstić information content (AvgIpc) is 2.82. The van der Waals surface area contributed by atoms with Crippen molar-refractivity contribution in [1.29, 1.82) is 0 Å². The second-order valence-electron chi connectivity index (χ2n) is 8.11. The van der Waals surface area contributed by atoms with Crippen molar-refractivity contribution in [1.82, 2.24) is 5.32 Å². The summed E-state index contributed by atoms with van der Waals surface area (Å²) < 4.78 is 22.3. The molecule has 2 heterocycles. The van der Waals surface area contributed by atoms with Gasteiger partial charge in [-0.2, -0.15) is 0 Å². The van der Waals surface area contributed by atoms with E-state index < -0.39 is 85.4 Å². The van der Waals surface area contributed by atoms with Crippen LogP contribution in [0.4, 0.5) is 5.69 Å². The van der Waals surface area contributed by atoms with Crippen LogP contribution in [0, 0.1) is 10.1 Å². The summed E-state index contributed by atoms with van der Waals surface area (Å²) in [5, 5.41) is 73.6. The molecule has 1 aromatic rings. The van der Waals surface area contributed by atoms with E-state index in [1.54, 1.807) is 0 Å². The number of hydrogen-bond acceptors (Lipinski definition) is 13. The molecule has 10 atom stereocenters. The Balaban J connectivity index is 1.88. The minimum Gasteiger partial charge on any atom is -0.463 e. The third-order valence-corrected chi connectivity index (χ3v) is 5.66. The molecule has 0 unspecified atom stereocenters. The first kappa shape index (κ1) is 27.1. The summed E-state index contributed by atoms with van der Waals surface area (Å²) in [6.45, 7) is -0.262. The first-order valence-electron chi connectivity index (χ1n) is 10.7. The molecule has 2 aliphatic heterocycles. The van der Waals surface area contributed by atoms with Crippen LogP contribution in [0.1, 0.15) is 6.92 Å². The summed E-state index contributed by atoms with van der Waals surface area (Å²) in [7, 11) is 0. The molecule has 0 spiro atoms. The molecule has 3 rings (SSSR count). The zero-order chi connectivity index (χ0) is 25.9. The maximum Gasteiger partial charge on any atom is 0.269 e. The topological polar surface area (TPSA) is 231 Å². The van der Waals surface area contributed by atoms with Crippen molar-refractivity contribution >= 4 is 11.6 Å². The summed E-state index contributed by atoms with van der Waals surface area (Å²) in [5.74, 6) is -0.497. The van der Waals surface area contributed by atoms with E-state index >= 15 is 0 Å². The predicted molar refractivity (Wildman–Crippen MR) is 112 cm³/mol. The minimum absolute atomic E-state index is 0.0932. The van der Waals surface area contributed by atoms with Crippen LogP contribution in [0.15, 0.2) is 24.3 Å². The molecule has 2 saturated heterocycles. The Morgan fingerprint density at radius 2 is 1.54 bits per heavy atom. The highest BCUT2D eigenvalue weighted by molar-refractivity contribution is 5.73. The van der Waals surface area contributed by atoms with Crippen molar-refractivity contribution in [2.24, 2.45) is 0 Å². The quantitative estimate of drug-likeness (QED) is 0.136. The van der Waals surface area contributed by atoms with Crippen LogP contribution in [0.3, 0.4) is 0 Å². The lowest BCUT2D eigenvalue weighted by atomic mass is 9.95. The Morgan fingerprint density at radius 1 is 0.971 bits per heavy atom. The van der Waals surface area contributed by atoms with Gasteiger partial charge < -0.3 is 54.9 Å². The summed E-state index contributed by atoms with van der Waals surface area (Å²) in [6.07, 6.45) is -13.9. The van der Waals surface area contributed by atoms with E-state index in [1.165, 1.54) is 31.2 Å². The van der Waals surface area contributed by atoms with E-state index in [0.29, 0.717) is 0 Å². The number of amides is 1. The maximum absolute atomic E-state index is 11.9. The predicted octanol–water partition coefficient (Wildman–Crippen LogP) is -3.26. The monoisotopic (exact) mass is 504 g/mol. The van der Waals surface area contributed by atoms with Crippen molar-refractivity contribution in [3.8, 4) is 5.75 Å². The zero-order valence-electron chi connectivity index (χ0n) is 18.5. The van der Waals surface area contributed by atoms with E-state index in [4.69, 9.17) is 18.9 Å². The molecule has 0 aliphatic carbocycles. The minimum atomic E-state index is -1.80. The van der Waals surface area contributed by atoms with E-state index in [1.807, 2.05) is 0 Å². The Labute approximate surface area is 198 Å². The third kappa shape index (κ3) is 6.03. The Bertz CT molecular complexity index is 869. The van der Waals surface area contributed by atoms with Gasteiger partial charge in [0.2, 0.25) is 12.2 Å². The number of hydrogen-bond donors (Lipinski definition) is 7. The summed E-state index contributed by atoms with van der Waals surface area (Å²) >= 11 is 0. The third-order valence-electron chi connectivity index (χ3n) is 5.66. The molecule has 15 nitrogen and oxygen atoms in total. The SMILES string of the molecule is CC(=O)N[C@H]1[C@H](Oc2ccc([N+](=O)[O-])cc2)O[C@H](CO)[C@@H](O)[C@@H]1O[C@@H]1O[C@H](CO)[C@H](O)[C@H](O)[C@H]1O. The fourth-order valence-electron chi connectivity index (χ4n) is 3.83. The molecule has 0 radical (unpaired) electrons. The van der Waals surface area contributed by atoms with Crippen LogP contribution in [0.25, 0.3) is 0 Å². The van der Waals surface area contributed by atoms with Gasteiger partial charge in [0.15, 0.2) is 6.29 Å². The molecule has 15 heteroatoms. The largest absolute Gasteiger partial charge is 0.463 e. The first-order chi connectivity index (χ1) is 16.6. The van der Waals surface area contributed by atoms with Crippen LogP contribution in [-0.4, -0.2) is 116 Å². The van der Waals surface area contributed by atoms with E-state index in [-0.39, 0.29) is 11.4 Å². The Hall–Kier alpha value is -2.47. The van der Waals surface area contributed by atoms with Gasteiger partial charge in [-0.1, -0.05) is 0 Å². The van der Waals surface area contributed by atoms with Gasteiger partial charge in [-0.15, -0.1) is 0 Å². The smallest absolute Gasteiger partial charge is 0.269 e. The van der Waals surface area contributed by atoms with Crippen LogP contribution in [0.2, 0.25) is 0 Å². The molecular weight excluding hydrogens is 476 g/mol. The molecule has 2 aliphatic rings. The van der Waals surface area contributed by atoms with E-state index in [2.05, 4.69) is 5.32 Å². The van der Waals surface area contributed by atoms with Gasteiger partial charge in [-0.25, -0.2) is 0 Å². The number of nitrogens with zero attached hydrogens (tertiary/aromatic N) is 1. The number of carbonyl (C=O) groups is 1. The highest BCUT2D eigenvalue weighted by Crippen LogP contribution is 2.31. The number of aliphatic hydroxyl groups is 6.